The molecule has 0 aromatic carbocycles. The van der Waals surface area contributed by atoms with E-state index in [2.05, 4.69) is 6.92 Å². The highest BCUT2D eigenvalue weighted by atomic mass is 16.6. The summed E-state index contributed by atoms with van der Waals surface area (Å²) in [6.45, 7) is 7.24. The zero-order chi connectivity index (χ0) is 11.5. The average molecular weight is 215 g/mol. The molecule has 0 saturated carbocycles. The third-order valence-electron chi connectivity index (χ3n) is 2.91. The Morgan fingerprint density at radius 3 is 2.27 bits per heavy atom. The van der Waals surface area contributed by atoms with Gasteiger partial charge in [-0.3, -0.25) is 0 Å². The van der Waals surface area contributed by atoms with Crippen molar-refractivity contribution < 1.29 is 14.3 Å². The summed E-state index contributed by atoms with van der Waals surface area (Å²) in [5, 5.41) is 0. The van der Waals surface area contributed by atoms with E-state index in [4.69, 9.17) is 9.47 Å². The summed E-state index contributed by atoms with van der Waals surface area (Å²) in [5.74, 6) is 0. The fourth-order valence-corrected chi connectivity index (χ4v) is 1.64. The van der Waals surface area contributed by atoms with Gasteiger partial charge in [0.15, 0.2) is 0 Å². The van der Waals surface area contributed by atoms with Gasteiger partial charge in [-0.1, -0.05) is 0 Å². The number of hydrogen-bond acceptors (Lipinski definition) is 3. The first-order chi connectivity index (χ1) is 6.97. The fraction of sp³-hybridized carbons (Fsp3) is 0.909. The summed E-state index contributed by atoms with van der Waals surface area (Å²) in [5.41, 5.74) is -0.0748. The summed E-state index contributed by atoms with van der Waals surface area (Å²) in [7, 11) is 1.72. The molecule has 0 N–H and O–H groups in total. The smallest absolute Gasteiger partial charge is 0.410 e. The molecule has 0 radical (unpaired) electrons. The number of rotatable bonds is 2. The number of carbonyl (C=O) groups is 1. The van der Waals surface area contributed by atoms with Crippen molar-refractivity contribution in [2.75, 3.05) is 20.2 Å². The van der Waals surface area contributed by atoms with Crippen molar-refractivity contribution in [2.45, 2.75) is 45.3 Å². The van der Waals surface area contributed by atoms with Crippen molar-refractivity contribution in [3.63, 3.8) is 0 Å². The SMILES string of the molecule is COC1(C)CCN(C(=O)OC(C)C)CC1. The molecule has 0 aromatic rings. The van der Waals surface area contributed by atoms with Gasteiger partial charge in [-0.15, -0.1) is 0 Å². The van der Waals surface area contributed by atoms with Gasteiger partial charge in [-0.05, 0) is 33.6 Å². The van der Waals surface area contributed by atoms with Crippen molar-refractivity contribution in [3.8, 4) is 0 Å². The average Bonchev–Trinajstić information content (AvgIpc) is 2.18. The molecule has 4 nitrogen and oxygen atoms in total. The lowest BCUT2D eigenvalue weighted by Crippen LogP contribution is -2.46. The van der Waals surface area contributed by atoms with Gasteiger partial charge in [0.1, 0.15) is 0 Å². The molecule has 0 bridgehead atoms. The monoisotopic (exact) mass is 215 g/mol. The number of hydrogen-bond donors (Lipinski definition) is 0. The van der Waals surface area contributed by atoms with E-state index in [1.807, 2.05) is 13.8 Å². The van der Waals surface area contributed by atoms with Crippen molar-refractivity contribution in [2.24, 2.45) is 0 Å². The normalized spacial score (nSPS) is 20.5. The summed E-state index contributed by atoms with van der Waals surface area (Å²) in [6, 6.07) is 0. The molecule has 1 rings (SSSR count). The molecule has 1 saturated heterocycles. The van der Waals surface area contributed by atoms with Crippen molar-refractivity contribution in [3.05, 3.63) is 0 Å². The Labute approximate surface area is 91.5 Å². The van der Waals surface area contributed by atoms with Crippen LogP contribution in [0.25, 0.3) is 0 Å². The van der Waals surface area contributed by atoms with Gasteiger partial charge >= 0.3 is 6.09 Å². The minimum Gasteiger partial charge on any atom is -0.447 e. The molecule has 0 spiro atoms. The Morgan fingerprint density at radius 1 is 1.33 bits per heavy atom. The Hall–Kier alpha value is -0.770. The van der Waals surface area contributed by atoms with Gasteiger partial charge in [-0.2, -0.15) is 0 Å². The summed E-state index contributed by atoms with van der Waals surface area (Å²) in [6.07, 6.45) is 1.49. The Bertz CT molecular complexity index is 220. The molecule has 88 valence electrons. The van der Waals surface area contributed by atoms with E-state index in [9.17, 15) is 4.79 Å². The molecule has 15 heavy (non-hydrogen) atoms. The van der Waals surface area contributed by atoms with Gasteiger partial charge in [0.2, 0.25) is 0 Å². The van der Waals surface area contributed by atoms with Gasteiger partial charge in [0.05, 0.1) is 11.7 Å². The van der Waals surface area contributed by atoms with Crippen molar-refractivity contribution in [1.82, 2.24) is 4.90 Å². The van der Waals surface area contributed by atoms with Crippen LogP contribution in [0.1, 0.15) is 33.6 Å². The summed E-state index contributed by atoms with van der Waals surface area (Å²) >= 11 is 0. The lowest BCUT2D eigenvalue weighted by Gasteiger charge is -2.37. The quantitative estimate of drug-likeness (QED) is 0.707. The van der Waals surface area contributed by atoms with E-state index in [0.29, 0.717) is 0 Å². The molecule has 1 aliphatic rings. The zero-order valence-corrected chi connectivity index (χ0v) is 10.1. The summed E-state index contributed by atoms with van der Waals surface area (Å²) in [4.78, 5) is 13.3. The maximum atomic E-state index is 11.6. The van der Waals surface area contributed by atoms with Crippen LogP contribution < -0.4 is 0 Å². The molecule has 1 heterocycles. The van der Waals surface area contributed by atoms with E-state index in [1.165, 1.54) is 0 Å². The van der Waals surface area contributed by atoms with Gasteiger partial charge in [0.25, 0.3) is 0 Å². The number of likely N-dealkylation sites (tertiary alicyclic amines) is 1. The number of carbonyl (C=O) groups excluding carboxylic acids is 1. The molecule has 1 aliphatic heterocycles. The van der Waals surface area contributed by atoms with Crippen LogP contribution in [0.4, 0.5) is 4.79 Å². The molecule has 0 aromatic heterocycles. The number of piperidine rings is 1. The molecular formula is C11H21NO3. The molecule has 0 unspecified atom stereocenters. The van der Waals surface area contributed by atoms with Crippen LogP contribution in [0.15, 0.2) is 0 Å². The van der Waals surface area contributed by atoms with Crippen LogP contribution in [0.2, 0.25) is 0 Å². The number of amides is 1. The molecule has 1 fully saturated rings. The topological polar surface area (TPSA) is 38.8 Å². The van der Waals surface area contributed by atoms with Crippen molar-refractivity contribution in [1.29, 1.82) is 0 Å². The van der Waals surface area contributed by atoms with Crippen molar-refractivity contribution >= 4 is 6.09 Å². The third kappa shape index (κ3) is 3.38. The third-order valence-corrected chi connectivity index (χ3v) is 2.91. The van der Waals surface area contributed by atoms with E-state index in [0.717, 1.165) is 25.9 Å². The highest BCUT2D eigenvalue weighted by molar-refractivity contribution is 5.67. The van der Waals surface area contributed by atoms with Gasteiger partial charge in [-0.25, -0.2) is 4.79 Å². The lowest BCUT2D eigenvalue weighted by molar-refractivity contribution is -0.0426. The van der Waals surface area contributed by atoms with Crippen LogP contribution in [-0.4, -0.2) is 42.9 Å². The molecular weight excluding hydrogens is 194 g/mol. The van der Waals surface area contributed by atoms with Crippen LogP contribution in [0.3, 0.4) is 0 Å². The first kappa shape index (κ1) is 12.3. The largest absolute Gasteiger partial charge is 0.447 e. The highest BCUT2D eigenvalue weighted by Gasteiger charge is 2.32. The van der Waals surface area contributed by atoms with Crippen LogP contribution >= 0.6 is 0 Å². The minimum atomic E-state index is -0.205. The van der Waals surface area contributed by atoms with E-state index in [-0.39, 0.29) is 17.8 Å². The zero-order valence-electron chi connectivity index (χ0n) is 10.1. The maximum absolute atomic E-state index is 11.6. The lowest BCUT2D eigenvalue weighted by atomic mass is 9.94. The minimum absolute atomic E-state index is 0.0479. The second kappa shape index (κ2) is 4.84. The standard InChI is InChI=1S/C11H21NO3/c1-9(2)15-10(13)12-7-5-11(3,14-4)6-8-12/h9H,5-8H2,1-4H3. The van der Waals surface area contributed by atoms with Gasteiger partial charge < -0.3 is 14.4 Å². The maximum Gasteiger partial charge on any atom is 0.410 e. The molecule has 1 amide bonds. The predicted molar refractivity (Wildman–Crippen MR) is 57.8 cm³/mol. The van der Waals surface area contributed by atoms with Crippen LogP contribution in [0, 0.1) is 0 Å². The van der Waals surface area contributed by atoms with Gasteiger partial charge in [0, 0.05) is 20.2 Å². The number of methoxy groups -OCH3 is 1. The van der Waals surface area contributed by atoms with E-state index < -0.39 is 0 Å². The molecule has 0 aliphatic carbocycles. The van der Waals surface area contributed by atoms with E-state index in [1.54, 1.807) is 12.0 Å². The number of ether oxygens (including phenoxy) is 2. The first-order valence-corrected chi connectivity index (χ1v) is 5.47. The second-order valence-electron chi connectivity index (χ2n) is 4.57. The van der Waals surface area contributed by atoms with E-state index >= 15 is 0 Å². The van der Waals surface area contributed by atoms with Crippen LogP contribution in [-0.2, 0) is 9.47 Å². The summed E-state index contributed by atoms with van der Waals surface area (Å²) < 4.78 is 10.5. The Morgan fingerprint density at radius 2 is 1.87 bits per heavy atom. The second-order valence-corrected chi connectivity index (χ2v) is 4.57. The first-order valence-electron chi connectivity index (χ1n) is 5.47. The molecule has 4 heteroatoms. The number of nitrogens with zero attached hydrogens (tertiary/aromatic N) is 1. The molecule has 0 atom stereocenters. The Kier molecular flexibility index (Phi) is 3.97. The fourth-order valence-electron chi connectivity index (χ4n) is 1.64. The highest BCUT2D eigenvalue weighted by Crippen LogP contribution is 2.25. The Balaban J connectivity index is 2.40. The predicted octanol–water partition coefficient (Wildman–Crippen LogP) is 2.03. The van der Waals surface area contributed by atoms with Crippen LogP contribution in [0.5, 0.6) is 0 Å².